The fraction of sp³-hybridized carbons (Fsp3) is 0.455. The Morgan fingerprint density at radius 2 is 2.42 bits per heavy atom. The smallest absolute Gasteiger partial charge is 0.224 e. The summed E-state index contributed by atoms with van der Waals surface area (Å²) in [4.78, 5) is 21.4. The first-order valence-electron chi connectivity index (χ1n) is 6.08. The highest BCUT2D eigenvalue weighted by atomic mass is 16.2. The van der Waals surface area contributed by atoms with E-state index in [1.807, 2.05) is 7.05 Å². The maximum atomic E-state index is 11.5. The molecular weight excluding hydrogens is 246 g/mol. The minimum atomic E-state index is 0.183. The first kappa shape index (κ1) is 11.7. The molecule has 1 amide bonds. The molecule has 0 spiro atoms. The van der Waals surface area contributed by atoms with Crippen LogP contribution in [0.5, 0.6) is 0 Å². The first-order valence-corrected chi connectivity index (χ1v) is 6.08. The maximum absolute atomic E-state index is 11.5. The Morgan fingerprint density at radius 1 is 1.58 bits per heavy atom. The van der Waals surface area contributed by atoms with Gasteiger partial charge in [0, 0.05) is 32.5 Å². The van der Waals surface area contributed by atoms with Crippen LogP contribution in [0, 0.1) is 5.92 Å². The van der Waals surface area contributed by atoms with Crippen LogP contribution in [0.1, 0.15) is 6.42 Å². The number of fused-ring (bicyclic) bond motifs is 1. The topological polar surface area (TPSA) is 113 Å². The van der Waals surface area contributed by atoms with Gasteiger partial charge >= 0.3 is 0 Å². The number of nitrogens with two attached hydrogens (primary N) is 1. The molecule has 1 aliphatic heterocycles. The van der Waals surface area contributed by atoms with E-state index in [2.05, 4.69) is 25.5 Å². The summed E-state index contributed by atoms with van der Waals surface area (Å²) >= 11 is 0. The molecule has 1 saturated heterocycles. The number of amides is 1. The Hall–Kier alpha value is -2.38. The summed E-state index contributed by atoms with van der Waals surface area (Å²) in [6.07, 6.45) is 2.22. The van der Waals surface area contributed by atoms with Gasteiger partial charge in [-0.3, -0.25) is 9.89 Å². The number of carbonyl (C=O) groups is 1. The van der Waals surface area contributed by atoms with Crippen molar-refractivity contribution in [2.24, 2.45) is 5.92 Å². The molecule has 2 aromatic heterocycles. The third kappa shape index (κ3) is 2.16. The lowest BCUT2D eigenvalue weighted by Gasteiger charge is -2.12. The second-order valence-corrected chi connectivity index (χ2v) is 4.79. The minimum absolute atomic E-state index is 0.183. The van der Waals surface area contributed by atoms with E-state index in [1.54, 1.807) is 11.1 Å². The molecule has 0 bridgehead atoms. The zero-order valence-electron chi connectivity index (χ0n) is 10.6. The van der Waals surface area contributed by atoms with Crippen molar-refractivity contribution in [2.75, 3.05) is 31.2 Å². The number of hydrogen-bond acceptors (Lipinski definition) is 6. The van der Waals surface area contributed by atoms with Gasteiger partial charge in [0.2, 0.25) is 11.9 Å². The van der Waals surface area contributed by atoms with E-state index in [-0.39, 0.29) is 17.8 Å². The Bertz CT molecular complexity index is 623. The molecule has 0 radical (unpaired) electrons. The molecular formula is C11H15N7O. The highest BCUT2D eigenvalue weighted by Gasteiger charge is 2.26. The van der Waals surface area contributed by atoms with E-state index >= 15 is 0 Å². The van der Waals surface area contributed by atoms with Crippen LogP contribution < -0.4 is 11.1 Å². The maximum Gasteiger partial charge on any atom is 0.224 e. The van der Waals surface area contributed by atoms with Crippen LogP contribution in [0.15, 0.2) is 6.20 Å². The van der Waals surface area contributed by atoms with E-state index in [0.29, 0.717) is 24.4 Å². The first-order chi connectivity index (χ1) is 9.13. The summed E-state index contributed by atoms with van der Waals surface area (Å²) in [7, 11) is 1.82. The number of nitrogen functional groups attached to an aromatic ring is 1. The van der Waals surface area contributed by atoms with Crippen LogP contribution in [0.2, 0.25) is 0 Å². The average molecular weight is 261 g/mol. The van der Waals surface area contributed by atoms with E-state index in [1.165, 1.54) is 0 Å². The zero-order valence-corrected chi connectivity index (χ0v) is 10.6. The third-order valence-electron chi connectivity index (χ3n) is 3.31. The predicted molar refractivity (Wildman–Crippen MR) is 70.3 cm³/mol. The van der Waals surface area contributed by atoms with Crippen LogP contribution in [0.4, 0.5) is 11.8 Å². The molecule has 1 unspecified atom stereocenters. The number of aromatic amines is 1. The Labute approximate surface area is 109 Å². The lowest BCUT2D eigenvalue weighted by atomic mass is 10.1. The van der Waals surface area contributed by atoms with Crippen molar-refractivity contribution < 1.29 is 4.79 Å². The van der Waals surface area contributed by atoms with Crippen LogP contribution in [0.25, 0.3) is 11.0 Å². The number of carbonyl (C=O) groups excluding carboxylic acids is 1. The molecule has 100 valence electrons. The number of anilines is 2. The van der Waals surface area contributed by atoms with E-state index in [4.69, 9.17) is 5.73 Å². The number of nitrogens with zero attached hydrogens (tertiary/aromatic N) is 4. The molecule has 1 fully saturated rings. The number of rotatable bonds is 3. The van der Waals surface area contributed by atoms with Crippen molar-refractivity contribution in [3.63, 3.8) is 0 Å². The number of H-pyrrole nitrogens is 1. The number of aromatic nitrogens is 4. The molecule has 3 heterocycles. The van der Waals surface area contributed by atoms with E-state index in [9.17, 15) is 4.79 Å². The molecule has 4 N–H and O–H groups in total. The highest BCUT2D eigenvalue weighted by Crippen LogP contribution is 2.21. The summed E-state index contributed by atoms with van der Waals surface area (Å²) in [5, 5.41) is 10.7. The molecule has 8 nitrogen and oxygen atoms in total. The Kier molecular flexibility index (Phi) is 2.69. The highest BCUT2D eigenvalue weighted by molar-refractivity contribution is 5.86. The molecule has 0 aromatic carbocycles. The van der Waals surface area contributed by atoms with Gasteiger partial charge in [0.15, 0.2) is 5.65 Å². The third-order valence-corrected chi connectivity index (χ3v) is 3.31. The summed E-state index contributed by atoms with van der Waals surface area (Å²) in [5.41, 5.74) is 6.25. The summed E-state index contributed by atoms with van der Waals surface area (Å²) in [5.74, 6) is 1.32. The quantitative estimate of drug-likeness (QED) is 0.706. The van der Waals surface area contributed by atoms with Gasteiger partial charge in [-0.25, -0.2) is 0 Å². The van der Waals surface area contributed by atoms with E-state index < -0.39 is 0 Å². The van der Waals surface area contributed by atoms with Crippen LogP contribution in [-0.2, 0) is 4.79 Å². The van der Waals surface area contributed by atoms with Crippen LogP contribution >= 0.6 is 0 Å². The van der Waals surface area contributed by atoms with Crippen molar-refractivity contribution in [2.45, 2.75) is 6.42 Å². The van der Waals surface area contributed by atoms with Crippen molar-refractivity contribution in [3.8, 4) is 0 Å². The van der Waals surface area contributed by atoms with Gasteiger partial charge in [-0.2, -0.15) is 15.1 Å². The molecule has 8 heteroatoms. The summed E-state index contributed by atoms with van der Waals surface area (Å²) in [6.45, 7) is 1.44. The standard InChI is InChI=1S/C11H15N7O/c1-18-5-6(2-8(18)19)3-13-9-7-4-14-17-10(7)16-11(12)15-9/h4,6H,2-3,5H2,1H3,(H4,12,13,14,15,16,17). The van der Waals surface area contributed by atoms with Crippen molar-refractivity contribution in [1.82, 2.24) is 25.1 Å². The molecule has 1 aliphatic rings. The Morgan fingerprint density at radius 3 is 3.16 bits per heavy atom. The Balaban J connectivity index is 1.75. The fourth-order valence-corrected chi connectivity index (χ4v) is 2.32. The molecule has 2 aromatic rings. The van der Waals surface area contributed by atoms with Crippen molar-refractivity contribution in [3.05, 3.63) is 6.20 Å². The lowest BCUT2D eigenvalue weighted by molar-refractivity contribution is -0.126. The number of hydrogen-bond donors (Lipinski definition) is 3. The second-order valence-electron chi connectivity index (χ2n) is 4.79. The van der Waals surface area contributed by atoms with Gasteiger partial charge in [0.1, 0.15) is 5.82 Å². The fourth-order valence-electron chi connectivity index (χ4n) is 2.32. The molecule has 19 heavy (non-hydrogen) atoms. The number of likely N-dealkylation sites (tertiary alicyclic amines) is 1. The summed E-state index contributed by atoms with van der Waals surface area (Å²) in [6, 6.07) is 0. The molecule has 0 aliphatic carbocycles. The van der Waals surface area contributed by atoms with Crippen LogP contribution in [0.3, 0.4) is 0 Å². The average Bonchev–Trinajstić information content (AvgIpc) is 2.94. The SMILES string of the molecule is CN1CC(CNc2nc(N)nc3[nH]ncc23)CC1=O. The van der Waals surface area contributed by atoms with Crippen molar-refractivity contribution in [1.29, 1.82) is 0 Å². The van der Waals surface area contributed by atoms with Gasteiger partial charge in [0.25, 0.3) is 0 Å². The van der Waals surface area contributed by atoms with E-state index in [0.717, 1.165) is 11.9 Å². The van der Waals surface area contributed by atoms with Gasteiger partial charge in [0.05, 0.1) is 11.6 Å². The minimum Gasteiger partial charge on any atom is -0.369 e. The zero-order chi connectivity index (χ0) is 13.4. The molecule has 3 rings (SSSR count). The van der Waals surface area contributed by atoms with Gasteiger partial charge < -0.3 is 16.0 Å². The largest absolute Gasteiger partial charge is 0.369 e. The van der Waals surface area contributed by atoms with Crippen molar-refractivity contribution >= 4 is 28.7 Å². The number of nitrogens with one attached hydrogen (secondary N) is 2. The molecule has 1 atom stereocenters. The summed E-state index contributed by atoms with van der Waals surface area (Å²) < 4.78 is 0. The van der Waals surface area contributed by atoms with Gasteiger partial charge in [-0.15, -0.1) is 0 Å². The predicted octanol–water partition coefficient (Wildman–Crippen LogP) is -0.175. The van der Waals surface area contributed by atoms with Gasteiger partial charge in [-0.1, -0.05) is 0 Å². The second kappa shape index (κ2) is 4.38. The van der Waals surface area contributed by atoms with Crippen LogP contribution in [-0.4, -0.2) is 51.1 Å². The lowest BCUT2D eigenvalue weighted by Crippen LogP contribution is -2.21. The van der Waals surface area contributed by atoms with Gasteiger partial charge in [-0.05, 0) is 0 Å². The molecule has 0 saturated carbocycles. The normalized spacial score (nSPS) is 19.3. The monoisotopic (exact) mass is 261 g/mol.